The van der Waals surface area contributed by atoms with Crippen molar-refractivity contribution in [2.45, 2.75) is 18.4 Å². The van der Waals surface area contributed by atoms with Crippen molar-refractivity contribution in [1.29, 1.82) is 0 Å². The van der Waals surface area contributed by atoms with Crippen molar-refractivity contribution in [2.75, 3.05) is 24.5 Å². The lowest BCUT2D eigenvalue weighted by molar-refractivity contribution is -0.142. The number of hydrogen-bond acceptors (Lipinski definition) is 7. The van der Waals surface area contributed by atoms with Gasteiger partial charge in [0.05, 0.1) is 5.39 Å². The summed E-state index contributed by atoms with van der Waals surface area (Å²) in [7, 11) is 0. The molecule has 1 aromatic carbocycles. The number of para-hydroxylation sites is 1. The molecule has 2 saturated heterocycles. The molecule has 3 atom stereocenters. The van der Waals surface area contributed by atoms with Crippen molar-refractivity contribution >= 4 is 16.7 Å². The van der Waals surface area contributed by atoms with Gasteiger partial charge in [0.1, 0.15) is 41.0 Å². The van der Waals surface area contributed by atoms with Crippen molar-refractivity contribution in [1.82, 2.24) is 19.4 Å². The number of aliphatic hydroxyl groups excluding tert-OH is 1. The highest BCUT2D eigenvalue weighted by atomic mass is 19.4. The minimum Gasteiger partial charge on any atom is -0.506 e. The van der Waals surface area contributed by atoms with Crippen LogP contribution in [0.1, 0.15) is 5.69 Å². The van der Waals surface area contributed by atoms with E-state index in [-0.39, 0.29) is 33.2 Å². The predicted octanol–water partition coefficient (Wildman–Crippen LogP) is 2.27. The highest BCUT2D eigenvalue weighted by Gasteiger charge is 2.48. The number of hydrogen-bond donors (Lipinski definition) is 2. The van der Waals surface area contributed by atoms with Gasteiger partial charge in [0.2, 0.25) is 0 Å². The van der Waals surface area contributed by atoms with Crippen molar-refractivity contribution in [3.8, 4) is 11.4 Å². The number of rotatable bonds is 4. The minimum absolute atomic E-state index is 0.0455. The van der Waals surface area contributed by atoms with Crippen LogP contribution in [-0.4, -0.2) is 61.6 Å². The number of pyridine rings is 1. The summed E-state index contributed by atoms with van der Waals surface area (Å²) in [5.41, 5.74) is -3.95. The zero-order chi connectivity index (χ0) is 24.4. The summed E-state index contributed by atoms with van der Waals surface area (Å²) in [4.78, 5) is 24.8. The van der Waals surface area contributed by atoms with Gasteiger partial charge in [-0.3, -0.25) is 14.3 Å². The molecule has 12 heteroatoms. The summed E-state index contributed by atoms with van der Waals surface area (Å²) in [6.45, 7) is 5.00. The summed E-state index contributed by atoms with van der Waals surface area (Å²) >= 11 is 0. The van der Waals surface area contributed by atoms with E-state index in [0.717, 1.165) is 24.5 Å². The fraction of sp³-hybridized carbons (Fsp3) is 0.318. The molecule has 0 radical (unpaired) electrons. The molecule has 0 aliphatic carbocycles. The third-order valence-corrected chi connectivity index (χ3v) is 6.40. The zero-order valence-electron chi connectivity index (χ0n) is 17.6. The molecule has 2 aliphatic heterocycles. The van der Waals surface area contributed by atoms with Crippen molar-refractivity contribution in [3.05, 3.63) is 65.1 Å². The van der Waals surface area contributed by atoms with Gasteiger partial charge >= 0.3 is 6.18 Å². The largest absolute Gasteiger partial charge is 0.506 e. The fourth-order valence-corrected chi connectivity index (χ4v) is 4.80. The molecule has 8 nitrogen and oxygen atoms in total. The Kier molecular flexibility index (Phi) is 5.10. The third kappa shape index (κ3) is 3.32. The molecule has 3 aromatic rings. The van der Waals surface area contributed by atoms with E-state index in [1.54, 1.807) is 4.90 Å². The third-order valence-electron chi connectivity index (χ3n) is 6.40. The summed E-state index contributed by atoms with van der Waals surface area (Å²) in [6.07, 6.45) is -3.42. The topological polar surface area (TPSA) is 94.7 Å². The summed E-state index contributed by atoms with van der Waals surface area (Å²) < 4.78 is 56.8. The Morgan fingerprint density at radius 1 is 1.21 bits per heavy atom. The Bertz CT molecular complexity index is 1340. The van der Waals surface area contributed by atoms with E-state index >= 15 is 0 Å². The van der Waals surface area contributed by atoms with Crippen molar-refractivity contribution in [3.63, 3.8) is 0 Å². The van der Waals surface area contributed by atoms with Gasteiger partial charge in [0, 0.05) is 31.6 Å². The van der Waals surface area contributed by atoms with Crippen LogP contribution in [0.25, 0.3) is 16.6 Å². The number of nitrogens with zero attached hydrogens (tertiary/aromatic N) is 5. The van der Waals surface area contributed by atoms with Crippen LogP contribution in [0.15, 0.2) is 48.0 Å². The molecule has 0 bridgehead atoms. The van der Waals surface area contributed by atoms with Crippen LogP contribution >= 0.6 is 0 Å². The molecule has 2 aromatic heterocycles. The van der Waals surface area contributed by atoms with Crippen molar-refractivity contribution < 1.29 is 27.8 Å². The lowest BCUT2D eigenvalue weighted by atomic mass is 9.92. The van der Waals surface area contributed by atoms with Crippen LogP contribution in [0.4, 0.5) is 23.4 Å². The van der Waals surface area contributed by atoms with Crippen LogP contribution < -0.4 is 10.5 Å². The predicted molar refractivity (Wildman–Crippen MR) is 114 cm³/mol. The summed E-state index contributed by atoms with van der Waals surface area (Å²) in [5, 5.41) is 20.0. The number of phenolic OH excluding ortho intramolecular Hbond substituents is 1. The molecule has 0 amide bonds. The second-order valence-electron chi connectivity index (χ2n) is 8.31. The molecular formula is C22H19F4N5O3. The Labute approximate surface area is 190 Å². The number of likely N-dealkylation sites (tertiary alicyclic amines) is 1. The number of halogens is 4. The molecule has 3 unspecified atom stereocenters. The Hall–Kier alpha value is -3.51. The van der Waals surface area contributed by atoms with Gasteiger partial charge in [-0.25, -0.2) is 14.4 Å². The Morgan fingerprint density at radius 2 is 1.97 bits per heavy atom. The van der Waals surface area contributed by atoms with Gasteiger partial charge in [-0.1, -0.05) is 12.6 Å². The van der Waals surface area contributed by atoms with Gasteiger partial charge < -0.3 is 15.1 Å². The molecule has 34 heavy (non-hydrogen) atoms. The number of anilines is 1. The fourth-order valence-electron chi connectivity index (χ4n) is 4.80. The van der Waals surface area contributed by atoms with E-state index in [4.69, 9.17) is 0 Å². The average Bonchev–Trinajstić information content (AvgIpc) is 3.10. The standard InChI is InChI=1S/C22H19F4N5O3/c1-2-17(33)30-8-11-7-29(9-14(11)30)20-12-6-16(22(24,25)26)31(21(34)18(12)27-10-28-20)19-13(23)4-3-5-15(19)32/h2-6,10-11,14,17,32-33H,1,7-9H2. The first-order valence-corrected chi connectivity index (χ1v) is 10.4. The van der Waals surface area contributed by atoms with Gasteiger partial charge in [-0.15, -0.1) is 0 Å². The smallest absolute Gasteiger partial charge is 0.431 e. The monoisotopic (exact) mass is 477 g/mol. The van der Waals surface area contributed by atoms with Crippen LogP contribution in [0, 0.1) is 11.7 Å². The first kappa shape index (κ1) is 22.3. The quantitative estimate of drug-likeness (QED) is 0.440. The second-order valence-corrected chi connectivity index (χ2v) is 8.31. The molecule has 0 spiro atoms. The first-order valence-electron chi connectivity index (χ1n) is 10.4. The highest BCUT2D eigenvalue weighted by molar-refractivity contribution is 5.89. The van der Waals surface area contributed by atoms with Gasteiger partial charge in [-0.2, -0.15) is 13.2 Å². The molecule has 0 saturated carbocycles. The Balaban J connectivity index is 1.68. The number of aromatic nitrogens is 3. The second kappa shape index (κ2) is 7.77. The van der Waals surface area contributed by atoms with Gasteiger partial charge in [0.15, 0.2) is 5.82 Å². The van der Waals surface area contributed by atoms with E-state index < -0.39 is 40.9 Å². The van der Waals surface area contributed by atoms with Crippen LogP contribution in [0.5, 0.6) is 5.75 Å². The lowest BCUT2D eigenvalue weighted by Gasteiger charge is -2.45. The van der Waals surface area contributed by atoms with Crippen molar-refractivity contribution in [2.24, 2.45) is 5.92 Å². The number of benzene rings is 1. The number of aliphatic hydroxyl groups is 1. The summed E-state index contributed by atoms with van der Waals surface area (Å²) in [6, 6.07) is 3.61. The van der Waals surface area contributed by atoms with Crippen LogP contribution in [-0.2, 0) is 6.18 Å². The molecular weight excluding hydrogens is 458 g/mol. The molecule has 178 valence electrons. The maximum absolute atomic E-state index is 14.5. The normalized spacial score (nSPS) is 21.4. The van der Waals surface area contributed by atoms with E-state index in [1.807, 2.05) is 4.90 Å². The van der Waals surface area contributed by atoms with Crippen LogP contribution in [0.3, 0.4) is 0 Å². The number of aromatic hydroxyl groups is 1. The molecule has 2 fully saturated rings. The minimum atomic E-state index is -5.05. The zero-order valence-corrected chi connectivity index (χ0v) is 17.6. The van der Waals surface area contributed by atoms with Crippen LogP contribution in [0.2, 0.25) is 0 Å². The Morgan fingerprint density at radius 3 is 2.65 bits per heavy atom. The maximum atomic E-state index is 14.5. The first-order chi connectivity index (χ1) is 16.1. The van der Waals surface area contributed by atoms with E-state index in [0.29, 0.717) is 25.7 Å². The van der Waals surface area contributed by atoms with E-state index in [9.17, 15) is 32.6 Å². The summed E-state index contributed by atoms with van der Waals surface area (Å²) in [5.74, 6) is -1.71. The average molecular weight is 477 g/mol. The number of alkyl halides is 3. The molecule has 2 aliphatic rings. The SMILES string of the molecule is C=CC(O)N1CC2CN(c3ncnc4c(=O)n(-c5c(O)cccc5F)c(C(F)(F)F)cc34)CC21. The molecule has 2 N–H and O–H groups in total. The number of fused-ring (bicyclic) bond motifs is 2. The van der Waals surface area contributed by atoms with E-state index in [2.05, 4.69) is 16.5 Å². The lowest BCUT2D eigenvalue weighted by Crippen LogP contribution is -2.59. The maximum Gasteiger partial charge on any atom is 0.431 e. The molecule has 5 rings (SSSR count). The highest BCUT2D eigenvalue weighted by Crippen LogP contribution is 2.39. The number of phenols is 1. The van der Waals surface area contributed by atoms with E-state index in [1.165, 1.54) is 6.08 Å². The van der Waals surface area contributed by atoms with Gasteiger partial charge in [0.25, 0.3) is 5.56 Å². The van der Waals surface area contributed by atoms with Gasteiger partial charge in [-0.05, 0) is 24.3 Å². The molecule has 4 heterocycles.